The summed E-state index contributed by atoms with van der Waals surface area (Å²) in [7, 11) is 0. The summed E-state index contributed by atoms with van der Waals surface area (Å²) >= 11 is 0. The number of benzene rings is 2. The Morgan fingerprint density at radius 3 is 2.67 bits per heavy atom. The number of piperidine rings is 1. The lowest BCUT2D eigenvalue weighted by Gasteiger charge is -2.38. The van der Waals surface area contributed by atoms with Gasteiger partial charge in [-0.05, 0) is 37.1 Å². The first-order valence-corrected chi connectivity index (χ1v) is 10.2. The first kappa shape index (κ1) is 20.8. The normalized spacial score (nSPS) is 17.9. The highest BCUT2D eigenvalue weighted by atomic mass is 19.1. The zero-order chi connectivity index (χ0) is 21.1. The topological polar surface area (TPSA) is 92.1 Å². The summed E-state index contributed by atoms with van der Waals surface area (Å²) in [6.07, 6.45) is 0.441. The van der Waals surface area contributed by atoms with Gasteiger partial charge in [-0.25, -0.2) is 4.39 Å². The number of para-hydroxylation sites is 1. The van der Waals surface area contributed by atoms with Crippen molar-refractivity contribution in [1.82, 2.24) is 4.90 Å². The van der Waals surface area contributed by atoms with Crippen molar-refractivity contribution in [1.29, 1.82) is 0 Å². The third-order valence-corrected chi connectivity index (χ3v) is 5.66. The van der Waals surface area contributed by atoms with Crippen molar-refractivity contribution in [2.24, 2.45) is 5.73 Å². The fourth-order valence-corrected chi connectivity index (χ4v) is 3.81. The number of halogens is 1. The van der Waals surface area contributed by atoms with Gasteiger partial charge in [0.2, 0.25) is 0 Å². The molecule has 3 aromatic rings. The number of nitrogens with two attached hydrogens (primary N) is 1. The van der Waals surface area contributed by atoms with Crippen LogP contribution in [0.4, 0.5) is 4.39 Å². The molecule has 160 valence electrons. The van der Waals surface area contributed by atoms with Gasteiger partial charge >= 0.3 is 0 Å². The predicted octanol–water partition coefficient (Wildman–Crippen LogP) is 2.76. The molecule has 0 aliphatic carbocycles. The molecule has 0 bridgehead atoms. The number of hydrogen-bond acceptors (Lipinski definition) is 6. The second-order valence-electron chi connectivity index (χ2n) is 8.02. The molecule has 1 saturated heterocycles. The van der Waals surface area contributed by atoms with Crippen LogP contribution in [0.5, 0.6) is 5.75 Å². The van der Waals surface area contributed by atoms with Gasteiger partial charge in [-0.3, -0.25) is 0 Å². The van der Waals surface area contributed by atoms with Crippen LogP contribution in [0, 0.1) is 5.82 Å². The number of fused-ring (bicyclic) bond motifs is 1. The number of nitrogens with zero attached hydrogens (tertiary/aromatic N) is 1. The van der Waals surface area contributed by atoms with Gasteiger partial charge in [-0.15, -0.1) is 0 Å². The van der Waals surface area contributed by atoms with Crippen molar-refractivity contribution in [3.63, 3.8) is 0 Å². The summed E-state index contributed by atoms with van der Waals surface area (Å²) in [6.45, 7) is 2.05. The van der Waals surface area contributed by atoms with Gasteiger partial charge in [-0.1, -0.05) is 18.2 Å². The van der Waals surface area contributed by atoms with Gasteiger partial charge in [0.1, 0.15) is 35.6 Å². The zero-order valence-corrected chi connectivity index (χ0v) is 16.8. The minimum absolute atomic E-state index is 0.0423. The van der Waals surface area contributed by atoms with Crippen LogP contribution in [0.3, 0.4) is 0 Å². The summed E-state index contributed by atoms with van der Waals surface area (Å²) in [5.41, 5.74) is 6.12. The number of aliphatic hydroxyl groups is 2. The molecule has 7 heteroatoms. The number of furan rings is 1. The van der Waals surface area contributed by atoms with Crippen molar-refractivity contribution in [2.75, 3.05) is 32.8 Å². The Bertz CT molecular complexity index is 965. The standard InChI is InChI=1S/C23H27FN2O4/c24-18-9-17(22-11-16-3-1-2-4-21(16)30-22)10-20(12-18)29-14-19(27)13-26-7-5-23(28,15-25)6-8-26/h1-4,9-12,19,27-28H,5-8,13-15,25H2. The average Bonchev–Trinajstić information content (AvgIpc) is 3.18. The fourth-order valence-electron chi connectivity index (χ4n) is 3.81. The predicted molar refractivity (Wildman–Crippen MR) is 113 cm³/mol. The van der Waals surface area contributed by atoms with Crippen LogP contribution in [-0.2, 0) is 0 Å². The van der Waals surface area contributed by atoms with Crippen LogP contribution in [0.25, 0.3) is 22.3 Å². The number of rotatable bonds is 7. The monoisotopic (exact) mass is 414 g/mol. The van der Waals surface area contributed by atoms with E-state index in [1.54, 1.807) is 6.07 Å². The molecule has 30 heavy (non-hydrogen) atoms. The number of ether oxygens (including phenoxy) is 1. The zero-order valence-electron chi connectivity index (χ0n) is 16.8. The van der Waals surface area contributed by atoms with Crippen molar-refractivity contribution in [2.45, 2.75) is 24.5 Å². The van der Waals surface area contributed by atoms with E-state index in [9.17, 15) is 14.6 Å². The van der Waals surface area contributed by atoms with Crippen molar-refractivity contribution in [3.8, 4) is 17.1 Å². The lowest BCUT2D eigenvalue weighted by Crippen LogP contribution is -2.50. The van der Waals surface area contributed by atoms with E-state index in [2.05, 4.69) is 4.90 Å². The highest BCUT2D eigenvalue weighted by Crippen LogP contribution is 2.31. The number of likely N-dealkylation sites (tertiary alicyclic amines) is 1. The van der Waals surface area contributed by atoms with Gasteiger partial charge in [0, 0.05) is 43.2 Å². The van der Waals surface area contributed by atoms with Crippen molar-refractivity contribution < 1.29 is 23.8 Å². The molecule has 0 saturated carbocycles. The van der Waals surface area contributed by atoms with E-state index in [0.29, 0.717) is 49.5 Å². The molecule has 6 nitrogen and oxygen atoms in total. The van der Waals surface area contributed by atoms with Crippen LogP contribution >= 0.6 is 0 Å². The molecule has 1 fully saturated rings. The SMILES string of the molecule is NCC1(O)CCN(CC(O)COc2cc(F)cc(-c3cc4ccccc4o3)c2)CC1. The van der Waals surface area contributed by atoms with E-state index in [4.69, 9.17) is 14.9 Å². The van der Waals surface area contributed by atoms with Crippen molar-refractivity contribution in [3.05, 3.63) is 54.3 Å². The van der Waals surface area contributed by atoms with Crippen LogP contribution in [-0.4, -0.2) is 59.6 Å². The molecule has 4 N–H and O–H groups in total. The first-order chi connectivity index (χ1) is 14.4. The summed E-state index contributed by atoms with van der Waals surface area (Å²) in [4.78, 5) is 2.07. The molecule has 1 unspecified atom stereocenters. The maximum atomic E-state index is 14.1. The summed E-state index contributed by atoms with van der Waals surface area (Å²) in [5.74, 6) is 0.456. The minimum atomic E-state index is -0.799. The first-order valence-electron chi connectivity index (χ1n) is 10.2. The molecule has 1 aliphatic heterocycles. The van der Waals surface area contributed by atoms with E-state index < -0.39 is 17.5 Å². The lowest BCUT2D eigenvalue weighted by atomic mass is 9.91. The molecule has 1 aromatic heterocycles. The van der Waals surface area contributed by atoms with Crippen molar-refractivity contribution >= 4 is 11.0 Å². The second kappa shape index (κ2) is 8.73. The minimum Gasteiger partial charge on any atom is -0.491 e. The third-order valence-electron chi connectivity index (χ3n) is 5.66. The molecule has 2 aromatic carbocycles. The van der Waals surface area contributed by atoms with E-state index >= 15 is 0 Å². The molecule has 1 atom stereocenters. The largest absolute Gasteiger partial charge is 0.491 e. The Balaban J connectivity index is 1.37. The van der Waals surface area contributed by atoms with Crippen LogP contribution in [0.1, 0.15) is 12.8 Å². The fraction of sp³-hybridized carbons (Fsp3) is 0.391. The van der Waals surface area contributed by atoms with Gasteiger partial charge in [0.25, 0.3) is 0 Å². The van der Waals surface area contributed by atoms with Gasteiger partial charge in [0.05, 0.1) is 5.60 Å². The average molecular weight is 414 g/mol. The molecule has 0 amide bonds. The van der Waals surface area contributed by atoms with Gasteiger partial charge in [-0.2, -0.15) is 0 Å². The van der Waals surface area contributed by atoms with Crippen LogP contribution in [0.15, 0.2) is 52.9 Å². The third kappa shape index (κ3) is 4.82. The van der Waals surface area contributed by atoms with Crippen LogP contribution < -0.4 is 10.5 Å². The van der Waals surface area contributed by atoms with Gasteiger partial charge in [0.15, 0.2) is 0 Å². The Morgan fingerprint density at radius 1 is 1.17 bits per heavy atom. The maximum absolute atomic E-state index is 14.1. The molecule has 0 spiro atoms. The molecule has 1 aliphatic rings. The van der Waals surface area contributed by atoms with Crippen LogP contribution in [0.2, 0.25) is 0 Å². The van der Waals surface area contributed by atoms with Gasteiger partial charge < -0.3 is 30.0 Å². The maximum Gasteiger partial charge on any atom is 0.135 e. The highest BCUT2D eigenvalue weighted by Gasteiger charge is 2.31. The Labute approximate surface area is 174 Å². The smallest absolute Gasteiger partial charge is 0.135 e. The number of aliphatic hydroxyl groups excluding tert-OH is 1. The molecular formula is C23H27FN2O4. The molecule has 2 heterocycles. The second-order valence-corrected chi connectivity index (χ2v) is 8.02. The summed E-state index contributed by atoms with van der Waals surface area (Å²) in [6, 6.07) is 13.9. The number of β-amino-alcohol motifs (C(OH)–C–C–N with tert-alkyl or cyclic N) is 1. The Morgan fingerprint density at radius 2 is 1.93 bits per heavy atom. The molecule has 4 rings (SSSR count). The Hall–Kier alpha value is -2.45. The van der Waals surface area contributed by atoms with E-state index in [-0.39, 0.29) is 13.2 Å². The molecular weight excluding hydrogens is 387 g/mol. The lowest BCUT2D eigenvalue weighted by molar-refractivity contribution is -0.0265. The number of hydrogen-bond donors (Lipinski definition) is 3. The molecule has 0 radical (unpaired) electrons. The summed E-state index contributed by atoms with van der Waals surface area (Å²) < 4.78 is 25.6. The summed E-state index contributed by atoms with van der Waals surface area (Å²) in [5, 5.41) is 21.5. The highest BCUT2D eigenvalue weighted by molar-refractivity contribution is 5.82. The van der Waals surface area contributed by atoms with E-state index in [1.807, 2.05) is 30.3 Å². The quantitative estimate of drug-likeness (QED) is 0.551. The van der Waals surface area contributed by atoms with E-state index in [0.717, 1.165) is 11.0 Å². The van der Waals surface area contributed by atoms with E-state index in [1.165, 1.54) is 12.1 Å². The Kier molecular flexibility index (Phi) is 6.06.